The fraction of sp³-hybridized carbons (Fsp3) is 0.225. The maximum Gasteiger partial charge on any atom is 0.349 e. The number of hydrogen-bond donors (Lipinski definition) is 1. The number of nitrogens with zero attached hydrogens (tertiary/aromatic N) is 5. The zero-order valence-electron chi connectivity index (χ0n) is 28.7. The lowest BCUT2D eigenvalue weighted by atomic mass is 9.94. The van der Waals surface area contributed by atoms with Gasteiger partial charge in [0.25, 0.3) is 11.6 Å². The molecule has 1 N–H and O–H groups in total. The Hall–Kier alpha value is -6.63. The van der Waals surface area contributed by atoms with Crippen LogP contribution in [0.15, 0.2) is 125 Å². The Balaban J connectivity index is 1.28. The highest BCUT2D eigenvalue weighted by atomic mass is 16.6. The van der Waals surface area contributed by atoms with Gasteiger partial charge >= 0.3 is 5.63 Å². The van der Waals surface area contributed by atoms with Crippen LogP contribution in [0.3, 0.4) is 0 Å². The Bertz CT molecular complexity index is 2300. The average molecular weight is 713 g/mol. The SMILES string of the molecule is O=C(NC1CCCCC1)C(c1ccccc1OCc1cn(Cc2ccccc2)nn1)N(C(=O)c1cc2cc([N+](=O)[O-])ccc2oc1=O)c1ccccc1. The van der Waals surface area contributed by atoms with Crippen molar-refractivity contribution in [1.29, 1.82) is 0 Å². The van der Waals surface area contributed by atoms with Crippen molar-refractivity contribution in [1.82, 2.24) is 20.3 Å². The number of aromatic nitrogens is 3. The van der Waals surface area contributed by atoms with Crippen molar-refractivity contribution in [3.05, 3.63) is 158 Å². The number of rotatable bonds is 12. The first-order chi connectivity index (χ1) is 25.8. The quantitative estimate of drug-likeness (QED) is 0.0821. The fourth-order valence-electron chi connectivity index (χ4n) is 6.64. The van der Waals surface area contributed by atoms with Crippen molar-refractivity contribution in [2.24, 2.45) is 0 Å². The van der Waals surface area contributed by atoms with Crippen LogP contribution in [-0.4, -0.2) is 37.8 Å². The molecule has 13 heteroatoms. The first kappa shape index (κ1) is 34.8. The van der Waals surface area contributed by atoms with E-state index in [1.165, 1.54) is 29.2 Å². The van der Waals surface area contributed by atoms with Crippen LogP contribution < -0.4 is 20.6 Å². The third-order valence-corrected chi connectivity index (χ3v) is 9.23. The second kappa shape index (κ2) is 15.7. The maximum atomic E-state index is 14.8. The van der Waals surface area contributed by atoms with E-state index in [2.05, 4.69) is 15.6 Å². The summed E-state index contributed by atoms with van der Waals surface area (Å²) in [6.07, 6.45) is 6.37. The third-order valence-electron chi connectivity index (χ3n) is 9.23. The van der Waals surface area contributed by atoms with Gasteiger partial charge in [-0.25, -0.2) is 9.48 Å². The number of para-hydroxylation sites is 2. The van der Waals surface area contributed by atoms with Crippen LogP contribution in [0.2, 0.25) is 0 Å². The van der Waals surface area contributed by atoms with E-state index in [4.69, 9.17) is 9.15 Å². The highest BCUT2D eigenvalue weighted by Crippen LogP contribution is 2.36. The number of ether oxygens (including phenoxy) is 1. The second-order valence-corrected chi connectivity index (χ2v) is 12.9. The molecule has 2 aromatic heterocycles. The van der Waals surface area contributed by atoms with Gasteiger partial charge in [0.1, 0.15) is 35.2 Å². The Morgan fingerprint density at radius 2 is 1.66 bits per heavy atom. The van der Waals surface area contributed by atoms with E-state index >= 15 is 0 Å². The molecule has 6 aromatic rings. The first-order valence-electron chi connectivity index (χ1n) is 17.4. The van der Waals surface area contributed by atoms with E-state index in [0.717, 1.165) is 37.7 Å². The van der Waals surface area contributed by atoms with Crippen molar-refractivity contribution in [3.8, 4) is 5.75 Å². The molecule has 1 aliphatic rings. The minimum absolute atomic E-state index is 0.0229. The molecule has 1 unspecified atom stereocenters. The fourth-order valence-corrected chi connectivity index (χ4v) is 6.64. The van der Waals surface area contributed by atoms with E-state index in [-0.39, 0.29) is 29.3 Å². The summed E-state index contributed by atoms with van der Waals surface area (Å²) in [7, 11) is 0. The molecule has 268 valence electrons. The normalized spacial score (nSPS) is 13.7. The average Bonchev–Trinajstić information content (AvgIpc) is 3.63. The Morgan fingerprint density at radius 1 is 0.943 bits per heavy atom. The molecule has 1 atom stereocenters. The lowest BCUT2D eigenvalue weighted by molar-refractivity contribution is -0.384. The number of carbonyl (C=O) groups excluding carboxylic acids is 2. The zero-order chi connectivity index (χ0) is 36.7. The van der Waals surface area contributed by atoms with Crippen molar-refractivity contribution in [2.45, 2.75) is 57.3 Å². The second-order valence-electron chi connectivity index (χ2n) is 12.9. The van der Waals surface area contributed by atoms with E-state index < -0.39 is 34.0 Å². The number of nitro benzene ring substituents is 1. The topological polar surface area (TPSA) is 163 Å². The molecule has 4 aromatic carbocycles. The number of nitro groups is 1. The van der Waals surface area contributed by atoms with Gasteiger partial charge in [-0.05, 0) is 48.7 Å². The molecule has 53 heavy (non-hydrogen) atoms. The van der Waals surface area contributed by atoms with Gasteiger partial charge in [0.2, 0.25) is 5.91 Å². The third kappa shape index (κ3) is 7.99. The summed E-state index contributed by atoms with van der Waals surface area (Å²) in [4.78, 5) is 55.0. The summed E-state index contributed by atoms with van der Waals surface area (Å²) in [5, 5.41) is 23.4. The van der Waals surface area contributed by atoms with Gasteiger partial charge in [-0.2, -0.15) is 0 Å². The Labute approximate surface area is 304 Å². The van der Waals surface area contributed by atoms with Crippen molar-refractivity contribution in [3.63, 3.8) is 0 Å². The molecule has 2 heterocycles. The van der Waals surface area contributed by atoms with Gasteiger partial charge < -0.3 is 14.5 Å². The van der Waals surface area contributed by atoms with Crippen molar-refractivity contribution >= 4 is 34.2 Å². The van der Waals surface area contributed by atoms with Gasteiger partial charge in [-0.1, -0.05) is 91.2 Å². The van der Waals surface area contributed by atoms with Crippen LogP contribution in [-0.2, 0) is 17.9 Å². The van der Waals surface area contributed by atoms with E-state index in [9.17, 15) is 24.5 Å². The molecule has 0 bridgehead atoms. The van der Waals surface area contributed by atoms with Crippen molar-refractivity contribution < 1.29 is 23.7 Å². The van der Waals surface area contributed by atoms with E-state index in [0.29, 0.717) is 29.2 Å². The predicted octanol–water partition coefficient (Wildman–Crippen LogP) is 6.76. The number of hydrogen-bond acceptors (Lipinski definition) is 9. The van der Waals surface area contributed by atoms with Gasteiger partial charge in [-0.3, -0.25) is 24.6 Å². The number of anilines is 1. The Kier molecular flexibility index (Phi) is 10.3. The molecule has 13 nitrogen and oxygen atoms in total. The van der Waals surface area contributed by atoms with Gasteiger partial charge in [0.05, 0.1) is 17.7 Å². The standard InChI is InChI=1S/C40H36N6O7/c47-38(41-29-14-6-2-7-15-29)37(33-18-10-11-19-36(33)52-26-30-25-44(43-42-30)24-27-12-4-1-5-13-27)45(31-16-8-3-9-17-31)39(48)34-23-28-22-32(46(50)51)20-21-35(28)53-40(34)49/h1,3-5,8-13,16-23,25,29,37H,2,6-7,14-15,24,26H2,(H,41,47). The molecule has 0 radical (unpaired) electrons. The number of nitrogens with one attached hydrogen (secondary N) is 1. The van der Waals surface area contributed by atoms with E-state index in [1.54, 1.807) is 65.5 Å². The molecule has 0 aliphatic heterocycles. The van der Waals surface area contributed by atoms with Crippen LogP contribution in [0, 0.1) is 10.1 Å². The highest BCUT2D eigenvalue weighted by Gasteiger charge is 2.37. The number of non-ortho nitro benzene ring substituents is 1. The minimum Gasteiger partial charge on any atom is -0.487 e. The highest BCUT2D eigenvalue weighted by molar-refractivity contribution is 6.11. The molecular weight excluding hydrogens is 676 g/mol. The van der Waals surface area contributed by atoms with Crippen molar-refractivity contribution in [2.75, 3.05) is 4.90 Å². The Morgan fingerprint density at radius 3 is 2.42 bits per heavy atom. The smallest absolute Gasteiger partial charge is 0.349 e. The lowest BCUT2D eigenvalue weighted by Gasteiger charge is -2.34. The van der Waals surface area contributed by atoms with Gasteiger partial charge in [-0.15, -0.1) is 5.10 Å². The zero-order valence-corrected chi connectivity index (χ0v) is 28.7. The summed E-state index contributed by atoms with van der Waals surface area (Å²) >= 11 is 0. The molecule has 0 spiro atoms. The molecule has 1 fully saturated rings. The molecular formula is C40H36N6O7. The summed E-state index contributed by atoms with van der Waals surface area (Å²) in [5.41, 5.74) is 0.811. The van der Waals surface area contributed by atoms with Crippen LogP contribution in [0.1, 0.15) is 65.3 Å². The van der Waals surface area contributed by atoms with Gasteiger partial charge in [0, 0.05) is 34.8 Å². The first-order valence-corrected chi connectivity index (χ1v) is 17.4. The molecule has 2 amide bonds. The monoisotopic (exact) mass is 712 g/mol. The number of amides is 2. The predicted molar refractivity (Wildman–Crippen MR) is 196 cm³/mol. The van der Waals surface area contributed by atoms with Crippen LogP contribution in [0.25, 0.3) is 11.0 Å². The molecule has 1 aliphatic carbocycles. The molecule has 0 saturated heterocycles. The summed E-state index contributed by atoms with van der Waals surface area (Å²) in [6, 6.07) is 28.9. The van der Waals surface area contributed by atoms with Crippen LogP contribution in [0.5, 0.6) is 5.75 Å². The van der Waals surface area contributed by atoms with Crippen LogP contribution >= 0.6 is 0 Å². The summed E-state index contributed by atoms with van der Waals surface area (Å²) < 4.78 is 13.5. The lowest BCUT2D eigenvalue weighted by Crippen LogP contribution is -2.48. The summed E-state index contributed by atoms with van der Waals surface area (Å²) in [6.45, 7) is 0.549. The maximum absolute atomic E-state index is 14.8. The number of fused-ring (bicyclic) bond motifs is 1. The molecule has 1 saturated carbocycles. The largest absolute Gasteiger partial charge is 0.487 e. The van der Waals surface area contributed by atoms with Crippen LogP contribution in [0.4, 0.5) is 11.4 Å². The summed E-state index contributed by atoms with van der Waals surface area (Å²) in [5.74, 6) is -0.968. The van der Waals surface area contributed by atoms with E-state index in [1.807, 2.05) is 30.3 Å². The minimum atomic E-state index is -1.31. The number of carbonyl (C=O) groups is 2. The number of benzene rings is 4. The molecule has 7 rings (SSSR count). The van der Waals surface area contributed by atoms with Gasteiger partial charge in [0.15, 0.2) is 0 Å².